The van der Waals surface area contributed by atoms with Crippen molar-refractivity contribution in [3.8, 4) is 0 Å². The minimum Gasteiger partial charge on any atom is -0.347 e. The van der Waals surface area contributed by atoms with E-state index in [4.69, 9.17) is 0 Å². The van der Waals surface area contributed by atoms with Gasteiger partial charge in [-0.05, 0) is 20.3 Å². The maximum absolute atomic E-state index is 11.0. The second kappa shape index (κ2) is 5.45. The number of rotatable bonds is 5. The Morgan fingerprint density at radius 2 is 1.69 bits per heavy atom. The van der Waals surface area contributed by atoms with Gasteiger partial charge in [0, 0.05) is 13.3 Å². The molecule has 0 spiro atoms. The molecule has 13 heavy (non-hydrogen) atoms. The maximum atomic E-state index is 11.0. The van der Waals surface area contributed by atoms with Crippen molar-refractivity contribution < 1.29 is 14.4 Å². The van der Waals surface area contributed by atoms with Gasteiger partial charge in [0.25, 0.3) is 0 Å². The average Bonchev–Trinajstić information content (AvgIpc) is 1.96. The Morgan fingerprint density at radius 1 is 1.15 bits per heavy atom. The number of ketones is 2. The summed E-state index contributed by atoms with van der Waals surface area (Å²) in [7, 11) is 0. The van der Waals surface area contributed by atoms with Crippen LogP contribution in [0.25, 0.3) is 0 Å². The highest BCUT2D eigenvalue weighted by atomic mass is 16.2. The molecule has 74 valence electrons. The molecule has 1 atom stereocenters. The van der Waals surface area contributed by atoms with Crippen LogP contribution in [0.4, 0.5) is 0 Å². The van der Waals surface area contributed by atoms with Crippen molar-refractivity contribution >= 4 is 17.5 Å². The van der Waals surface area contributed by atoms with Gasteiger partial charge in [-0.1, -0.05) is 0 Å². The summed E-state index contributed by atoms with van der Waals surface area (Å²) in [6, 6.07) is -0.513. The number of amides is 1. The Balaban J connectivity index is 4.02. The van der Waals surface area contributed by atoms with Crippen LogP contribution in [0.2, 0.25) is 0 Å². The Bertz CT molecular complexity index is 223. The monoisotopic (exact) mass is 185 g/mol. The van der Waals surface area contributed by atoms with E-state index in [2.05, 4.69) is 5.32 Å². The van der Waals surface area contributed by atoms with Gasteiger partial charge in [-0.25, -0.2) is 0 Å². The molecule has 0 aromatic heterocycles. The smallest absolute Gasteiger partial charge is 0.217 e. The first-order valence-corrected chi connectivity index (χ1v) is 4.20. The summed E-state index contributed by atoms with van der Waals surface area (Å²) >= 11 is 0. The predicted molar refractivity (Wildman–Crippen MR) is 48.2 cm³/mol. The van der Waals surface area contributed by atoms with Crippen LogP contribution in [0, 0.1) is 0 Å². The summed E-state index contributed by atoms with van der Waals surface area (Å²) in [5.41, 5.74) is 0. The van der Waals surface area contributed by atoms with E-state index in [0.29, 0.717) is 12.8 Å². The molecule has 0 aromatic rings. The highest BCUT2D eigenvalue weighted by Gasteiger charge is 2.15. The van der Waals surface area contributed by atoms with Crippen LogP contribution < -0.4 is 5.32 Å². The van der Waals surface area contributed by atoms with Gasteiger partial charge in [0.1, 0.15) is 5.78 Å². The minimum absolute atomic E-state index is 0.0246. The molecule has 1 amide bonds. The van der Waals surface area contributed by atoms with Crippen molar-refractivity contribution in [2.45, 2.75) is 39.7 Å². The second-order valence-corrected chi connectivity index (χ2v) is 3.10. The first-order valence-electron chi connectivity index (χ1n) is 4.20. The number of hydrogen-bond donors (Lipinski definition) is 1. The molecular weight excluding hydrogens is 170 g/mol. The molecular formula is C9H15NO3. The maximum Gasteiger partial charge on any atom is 0.217 e. The van der Waals surface area contributed by atoms with Gasteiger partial charge in [-0.3, -0.25) is 9.59 Å². The lowest BCUT2D eigenvalue weighted by Crippen LogP contribution is -2.38. The molecule has 0 aliphatic heterocycles. The molecule has 0 heterocycles. The molecule has 0 unspecified atom stereocenters. The molecule has 0 rings (SSSR count). The summed E-state index contributed by atoms with van der Waals surface area (Å²) in [4.78, 5) is 32.3. The number of carbonyl (C=O) groups is 3. The predicted octanol–water partition coefficient (Wildman–Crippen LogP) is 0.449. The standard InChI is InChI=1S/C9H15NO3/c1-6(11)4-5-9(7(2)12)10-8(3)13/h9H,4-5H2,1-3H3,(H,10,13)/t9-/m0/s1. The minimum atomic E-state index is -0.513. The van der Waals surface area contributed by atoms with Crippen LogP contribution >= 0.6 is 0 Å². The number of carbonyl (C=O) groups excluding carboxylic acids is 3. The van der Waals surface area contributed by atoms with E-state index in [1.807, 2.05) is 0 Å². The van der Waals surface area contributed by atoms with Gasteiger partial charge in [0.15, 0.2) is 5.78 Å². The van der Waals surface area contributed by atoms with E-state index < -0.39 is 6.04 Å². The average molecular weight is 185 g/mol. The highest BCUT2D eigenvalue weighted by molar-refractivity contribution is 5.87. The van der Waals surface area contributed by atoms with E-state index in [9.17, 15) is 14.4 Å². The van der Waals surface area contributed by atoms with E-state index in [1.54, 1.807) is 0 Å². The van der Waals surface area contributed by atoms with Gasteiger partial charge in [0.2, 0.25) is 5.91 Å². The van der Waals surface area contributed by atoms with Crippen molar-refractivity contribution in [1.82, 2.24) is 5.32 Å². The van der Waals surface area contributed by atoms with Crippen LogP contribution in [0.15, 0.2) is 0 Å². The zero-order valence-electron chi connectivity index (χ0n) is 8.22. The molecule has 0 radical (unpaired) electrons. The third kappa shape index (κ3) is 6.02. The van der Waals surface area contributed by atoms with Crippen LogP contribution in [-0.2, 0) is 14.4 Å². The largest absolute Gasteiger partial charge is 0.347 e. The molecule has 0 saturated heterocycles. The lowest BCUT2D eigenvalue weighted by Gasteiger charge is -2.13. The summed E-state index contributed by atoms with van der Waals surface area (Å²) < 4.78 is 0. The Hall–Kier alpha value is -1.19. The fraction of sp³-hybridized carbons (Fsp3) is 0.667. The Kier molecular flexibility index (Phi) is 4.96. The fourth-order valence-corrected chi connectivity index (χ4v) is 0.970. The molecule has 0 fully saturated rings. The van der Waals surface area contributed by atoms with E-state index >= 15 is 0 Å². The highest BCUT2D eigenvalue weighted by Crippen LogP contribution is 1.99. The number of nitrogens with one attached hydrogen (secondary N) is 1. The molecule has 0 aliphatic carbocycles. The first kappa shape index (κ1) is 11.8. The van der Waals surface area contributed by atoms with Gasteiger partial charge >= 0.3 is 0 Å². The summed E-state index contributed by atoms with van der Waals surface area (Å²) in [5, 5.41) is 2.49. The quantitative estimate of drug-likeness (QED) is 0.676. The van der Waals surface area contributed by atoms with E-state index in [1.165, 1.54) is 20.8 Å². The van der Waals surface area contributed by atoms with Crippen molar-refractivity contribution in [2.24, 2.45) is 0 Å². The summed E-state index contributed by atoms with van der Waals surface area (Å²) in [5.74, 6) is -0.336. The summed E-state index contributed by atoms with van der Waals surface area (Å²) in [6.45, 7) is 4.22. The zero-order chi connectivity index (χ0) is 10.4. The second-order valence-electron chi connectivity index (χ2n) is 3.10. The van der Waals surface area contributed by atoms with Crippen LogP contribution in [0.5, 0.6) is 0 Å². The zero-order valence-corrected chi connectivity index (χ0v) is 8.22. The van der Waals surface area contributed by atoms with Crippen molar-refractivity contribution in [3.63, 3.8) is 0 Å². The third-order valence-electron chi connectivity index (χ3n) is 1.65. The molecule has 0 aromatic carbocycles. The molecule has 4 heteroatoms. The molecule has 0 saturated carbocycles. The number of hydrogen-bond acceptors (Lipinski definition) is 3. The van der Waals surface area contributed by atoms with Crippen molar-refractivity contribution in [1.29, 1.82) is 0 Å². The molecule has 1 N–H and O–H groups in total. The van der Waals surface area contributed by atoms with E-state index in [0.717, 1.165) is 0 Å². The lowest BCUT2D eigenvalue weighted by molar-refractivity contribution is -0.126. The van der Waals surface area contributed by atoms with Gasteiger partial charge in [-0.15, -0.1) is 0 Å². The van der Waals surface area contributed by atoms with Crippen LogP contribution in [0.1, 0.15) is 33.6 Å². The van der Waals surface area contributed by atoms with Crippen LogP contribution in [-0.4, -0.2) is 23.5 Å². The Labute approximate surface area is 77.7 Å². The lowest BCUT2D eigenvalue weighted by atomic mass is 10.1. The van der Waals surface area contributed by atoms with E-state index in [-0.39, 0.29) is 17.5 Å². The topological polar surface area (TPSA) is 63.2 Å². The van der Waals surface area contributed by atoms with Gasteiger partial charge < -0.3 is 10.1 Å². The first-order chi connectivity index (χ1) is 5.93. The molecule has 4 nitrogen and oxygen atoms in total. The fourth-order valence-electron chi connectivity index (χ4n) is 0.970. The van der Waals surface area contributed by atoms with Crippen molar-refractivity contribution in [2.75, 3.05) is 0 Å². The van der Waals surface area contributed by atoms with Gasteiger partial charge in [-0.2, -0.15) is 0 Å². The van der Waals surface area contributed by atoms with Crippen molar-refractivity contribution in [3.05, 3.63) is 0 Å². The summed E-state index contributed by atoms with van der Waals surface area (Å²) in [6.07, 6.45) is 0.717. The van der Waals surface area contributed by atoms with Crippen LogP contribution in [0.3, 0.4) is 0 Å². The Morgan fingerprint density at radius 3 is 2.00 bits per heavy atom. The third-order valence-corrected chi connectivity index (χ3v) is 1.65. The SMILES string of the molecule is CC(=O)CC[C@H](NC(C)=O)C(C)=O. The number of Topliss-reactive ketones (excluding diaryl/α,β-unsaturated/α-hetero) is 2. The molecule has 0 bridgehead atoms. The molecule has 0 aliphatic rings. The normalized spacial score (nSPS) is 11.9. The van der Waals surface area contributed by atoms with Gasteiger partial charge in [0.05, 0.1) is 6.04 Å².